The Labute approximate surface area is 136 Å². The summed E-state index contributed by atoms with van der Waals surface area (Å²) in [6.45, 7) is 1.64. The van der Waals surface area contributed by atoms with Crippen molar-refractivity contribution in [1.82, 2.24) is 4.72 Å². The molecule has 0 heterocycles. The molecule has 0 aromatic heterocycles. The molecule has 2 aromatic carbocycles. The van der Waals surface area contributed by atoms with Crippen LogP contribution in [0.4, 0.5) is 5.69 Å². The molecule has 0 bridgehead atoms. The van der Waals surface area contributed by atoms with Gasteiger partial charge in [0.15, 0.2) is 0 Å². The van der Waals surface area contributed by atoms with Gasteiger partial charge in [0.2, 0.25) is 20.0 Å². The molecule has 0 fully saturated rings. The number of rotatable bonds is 7. The first kappa shape index (κ1) is 17.5. The molecule has 0 atom stereocenters. The second-order valence-corrected chi connectivity index (χ2v) is 8.61. The maximum Gasteiger partial charge on any atom is 0.240 e. The van der Waals surface area contributed by atoms with Crippen molar-refractivity contribution in [3.05, 3.63) is 60.2 Å². The zero-order chi connectivity index (χ0) is 16.9. The van der Waals surface area contributed by atoms with Gasteiger partial charge in [-0.3, -0.25) is 4.72 Å². The predicted octanol–water partition coefficient (Wildman–Crippen LogP) is 1.72. The van der Waals surface area contributed by atoms with Gasteiger partial charge >= 0.3 is 0 Å². The zero-order valence-corrected chi connectivity index (χ0v) is 14.2. The molecule has 0 radical (unpaired) electrons. The largest absolute Gasteiger partial charge is 0.284 e. The third-order valence-corrected chi connectivity index (χ3v) is 5.81. The SMILES string of the molecule is Cc1ccc(S(=O)(=O)NCCS(=O)(=O)Nc2ccccc2)cc1. The van der Waals surface area contributed by atoms with E-state index in [1.165, 1.54) is 12.1 Å². The third kappa shape index (κ3) is 5.34. The molecule has 0 amide bonds. The summed E-state index contributed by atoms with van der Waals surface area (Å²) < 4.78 is 52.6. The molecule has 2 aromatic rings. The Balaban J connectivity index is 1.94. The van der Waals surface area contributed by atoms with Crippen LogP contribution in [-0.2, 0) is 20.0 Å². The van der Waals surface area contributed by atoms with Crippen LogP contribution >= 0.6 is 0 Å². The van der Waals surface area contributed by atoms with Crippen molar-refractivity contribution in [3.63, 3.8) is 0 Å². The Morgan fingerprint density at radius 2 is 1.48 bits per heavy atom. The molecule has 124 valence electrons. The maximum atomic E-state index is 12.1. The van der Waals surface area contributed by atoms with Crippen LogP contribution in [-0.4, -0.2) is 29.1 Å². The summed E-state index contributed by atoms with van der Waals surface area (Å²) >= 11 is 0. The molecule has 2 rings (SSSR count). The van der Waals surface area contributed by atoms with Crippen molar-refractivity contribution in [2.45, 2.75) is 11.8 Å². The van der Waals surface area contributed by atoms with Gasteiger partial charge in [-0.05, 0) is 31.2 Å². The van der Waals surface area contributed by atoms with Crippen LogP contribution in [0.2, 0.25) is 0 Å². The van der Waals surface area contributed by atoms with Crippen molar-refractivity contribution >= 4 is 25.7 Å². The molecule has 0 saturated heterocycles. The lowest BCUT2D eigenvalue weighted by Crippen LogP contribution is -2.31. The average molecular weight is 354 g/mol. The van der Waals surface area contributed by atoms with E-state index < -0.39 is 20.0 Å². The van der Waals surface area contributed by atoms with Crippen molar-refractivity contribution in [2.24, 2.45) is 0 Å². The van der Waals surface area contributed by atoms with Crippen LogP contribution < -0.4 is 9.44 Å². The molecule has 0 aliphatic carbocycles. The van der Waals surface area contributed by atoms with Crippen LogP contribution in [0.25, 0.3) is 0 Å². The highest BCUT2D eigenvalue weighted by Gasteiger charge is 2.16. The molecule has 0 aliphatic rings. The quantitative estimate of drug-likeness (QED) is 0.792. The standard InChI is InChI=1S/C15H18N2O4S2/c1-13-7-9-15(10-8-13)23(20,21)16-11-12-22(18,19)17-14-5-3-2-4-6-14/h2-10,16-17H,11-12H2,1H3. The first-order chi connectivity index (χ1) is 10.8. The minimum absolute atomic E-state index is 0.108. The van der Waals surface area contributed by atoms with E-state index in [4.69, 9.17) is 0 Å². The summed E-state index contributed by atoms with van der Waals surface area (Å²) in [5.74, 6) is -0.354. The number of para-hydroxylation sites is 1. The topological polar surface area (TPSA) is 92.3 Å². The second-order valence-electron chi connectivity index (χ2n) is 5.00. The summed E-state index contributed by atoms with van der Waals surface area (Å²) in [6.07, 6.45) is 0. The van der Waals surface area contributed by atoms with Crippen molar-refractivity contribution in [1.29, 1.82) is 0 Å². The minimum Gasteiger partial charge on any atom is -0.284 e. The zero-order valence-electron chi connectivity index (χ0n) is 12.6. The van der Waals surface area contributed by atoms with E-state index in [1.807, 2.05) is 6.92 Å². The van der Waals surface area contributed by atoms with Gasteiger partial charge in [-0.2, -0.15) is 0 Å². The lowest BCUT2D eigenvalue weighted by molar-refractivity contribution is 0.582. The van der Waals surface area contributed by atoms with E-state index in [-0.39, 0.29) is 17.2 Å². The Morgan fingerprint density at radius 1 is 0.870 bits per heavy atom. The number of nitrogens with one attached hydrogen (secondary N) is 2. The molecule has 0 saturated carbocycles. The fraction of sp³-hybridized carbons (Fsp3) is 0.200. The Bertz CT molecular complexity index is 846. The minimum atomic E-state index is -3.71. The van der Waals surface area contributed by atoms with Crippen LogP contribution in [0.1, 0.15) is 5.56 Å². The van der Waals surface area contributed by atoms with Gasteiger partial charge in [-0.1, -0.05) is 35.9 Å². The predicted molar refractivity (Wildman–Crippen MR) is 90.2 cm³/mol. The molecule has 0 spiro atoms. The monoisotopic (exact) mass is 354 g/mol. The Kier molecular flexibility index (Phi) is 5.40. The Morgan fingerprint density at radius 3 is 2.09 bits per heavy atom. The van der Waals surface area contributed by atoms with Gasteiger partial charge in [0, 0.05) is 12.2 Å². The summed E-state index contributed by atoms with van der Waals surface area (Å²) in [5, 5.41) is 0. The average Bonchev–Trinajstić information content (AvgIpc) is 2.47. The maximum absolute atomic E-state index is 12.1. The highest BCUT2D eigenvalue weighted by Crippen LogP contribution is 2.10. The lowest BCUT2D eigenvalue weighted by atomic mass is 10.2. The molecule has 2 N–H and O–H groups in total. The van der Waals surface area contributed by atoms with Gasteiger partial charge in [0.25, 0.3) is 0 Å². The van der Waals surface area contributed by atoms with E-state index in [2.05, 4.69) is 9.44 Å². The molecule has 8 heteroatoms. The summed E-state index contributed by atoms with van der Waals surface area (Å²) in [7, 11) is -7.34. The number of hydrogen-bond donors (Lipinski definition) is 2. The van der Waals surface area contributed by atoms with Gasteiger partial charge in [-0.25, -0.2) is 21.6 Å². The van der Waals surface area contributed by atoms with Crippen LogP contribution in [0.5, 0.6) is 0 Å². The summed E-state index contributed by atoms with van der Waals surface area (Å²) in [5.41, 5.74) is 1.38. The van der Waals surface area contributed by atoms with Crippen LogP contribution in [0, 0.1) is 6.92 Å². The van der Waals surface area contributed by atoms with Gasteiger partial charge in [0.1, 0.15) is 0 Å². The number of anilines is 1. The van der Waals surface area contributed by atoms with Gasteiger partial charge in [0.05, 0.1) is 10.6 Å². The van der Waals surface area contributed by atoms with E-state index in [1.54, 1.807) is 42.5 Å². The van der Waals surface area contributed by atoms with Crippen LogP contribution in [0.15, 0.2) is 59.5 Å². The number of benzene rings is 2. The van der Waals surface area contributed by atoms with Gasteiger partial charge < -0.3 is 0 Å². The first-order valence-corrected chi connectivity index (χ1v) is 10.0. The molecule has 0 unspecified atom stereocenters. The Hall–Kier alpha value is -1.90. The smallest absolute Gasteiger partial charge is 0.240 e. The lowest BCUT2D eigenvalue weighted by Gasteiger charge is -2.09. The second kappa shape index (κ2) is 7.12. The fourth-order valence-electron chi connectivity index (χ4n) is 1.85. The van der Waals surface area contributed by atoms with E-state index in [0.717, 1.165) is 5.56 Å². The third-order valence-electron chi connectivity index (χ3n) is 3.04. The number of hydrogen-bond acceptors (Lipinski definition) is 4. The van der Waals surface area contributed by atoms with E-state index in [0.29, 0.717) is 5.69 Å². The van der Waals surface area contributed by atoms with Gasteiger partial charge in [-0.15, -0.1) is 0 Å². The van der Waals surface area contributed by atoms with Crippen molar-refractivity contribution in [3.8, 4) is 0 Å². The molecule has 6 nitrogen and oxygen atoms in total. The van der Waals surface area contributed by atoms with Crippen molar-refractivity contribution in [2.75, 3.05) is 17.0 Å². The molecule has 0 aliphatic heterocycles. The number of sulfonamides is 2. The fourth-order valence-corrected chi connectivity index (χ4v) is 3.98. The highest BCUT2D eigenvalue weighted by atomic mass is 32.2. The van der Waals surface area contributed by atoms with E-state index in [9.17, 15) is 16.8 Å². The normalized spacial score (nSPS) is 12.0. The first-order valence-electron chi connectivity index (χ1n) is 6.90. The van der Waals surface area contributed by atoms with E-state index >= 15 is 0 Å². The van der Waals surface area contributed by atoms with Crippen molar-refractivity contribution < 1.29 is 16.8 Å². The number of aryl methyl sites for hydroxylation is 1. The van der Waals surface area contributed by atoms with Crippen LogP contribution in [0.3, 0.4) is 0 Å². The molecular formula is C15H18N2O4S2. The summed E-state index contributed by atoms with van der Waals surface area (Å²) in [4.78, 5) is 0.108. The molecule has 23 heavy (non-hydrogen) atoms. The molecular weight excluding hydrogens is 336 g/mol. The summed E-state index contributed by atoms with van der Waals surface area (Å²) in [6, 6.07) is 14.7. The highest BCUT2D eigenvalue weighted by molar-refractivity contribution is 7.92.